The number of nitrogens with two attached hydrogens (primary N) is 1. The van der Waals surface area contributed by atoms with Gasteiger partial charge >= 0.3 is 0 Å². The van der Waals surface area contributed by atoms with Crippen LogP contribution in [0.5, 0.6) is 5.75 Å². The number of piperidine rings is 1. The van der Waals surface area contributed by atoms with Crippen LogP contribution in [0.25, 0.3) is 0 Å². The van der Waals surface area contributed by atoms with E-state index < -0.39 is 0 Å². The fourth-order valence-corrected chi connectivity index (χ4v) is 4.36. The smallest absolute Gasteiger partial charge is 0.273 e. The van der Waals surface area contributed by atoms with Gasteiger partial charge in [0.1, 0.15) is 5.75 Å². The van der Waals surface area contributed by atoms with Crippen LogP contribution in [0.1, 0.15) is 34.5 Å². The van der Waals surface area contributed by atoms with E-state index in [-0.39, 0.29) is 22.8 Å². The molecular weight excluding hydrogens is 402 g/mol. The Balaban J connectivity index is 1.52. The predicted octanol–water partition coefficient (Wildman–Crippen LogP) is 3.03. The van der Waals surface area contributed by atoms with E-state index in [1.54, 1.807) is 7.11 Å². The zero-order chi connectivity index (χ0) is 22.4. The molecule has 0 unspecified atom stereocenters. The van der Waals surface area contributed by atoms with Crippen LogP contribution in [-0.4, -0.2) is 47.5 Å². The van der Waals surface area contributed by atoms with Crippen molar-refractivity contribution in [1.82, 2.24) is 20.2 Å². The van der Waals surface area contributed by atoms with Gasteiger partial charge in [-0.1, -0.05) is 42.5 Å². The van der Waals surface area contributed by atoms with Crippen molar-refractivity contribution < 1.29 is 9.53 Å². The molecule has 1 saturated heterocycles. The molecule has 0 bridgehead atoms. The lowest BCUT2D eigenvalue weighted by Crippen LogP contribution is -2.49. The summed E-state index contributed by atoms with van der Waals surface area (Å²) in [5.74, 6) is 0.654. The average Bonchev–Trinajstić information content (AvgIpc) is 2.84. The molecule has 1 aliphatic heterocycles. The maximum absolute atomic E-state index is 12.8. The standard InChI is InChI=1S/C25H29N5O2/c1-32-21-9-5-8-20(16-21)25(18-29-24(31)22-23(26)28-13-12-27-22)10-14-30(15-11-25)17-19-6-3-2-4-7-19/h2-9,12-13,16H,10-11,14-15,17-18H2,1H3,(H2,26,28)(H,29,31). The predicted molar refractivity (Wildman–Crippen MR) is 124 cm³/mol. The van der Waals surface area contributed by atoms with Gasteiger partial charge < -0.3 is 15.8 Å². The summed E-state index contributed by atoms with van der Waals surface area (Å²) < 4.78 is 5.47. The second-order valence-corrected chi connectivity index (χ2v) is 8.25. The van der Waals surface area contributed by atoms with Crippen LogP contribution >= 0.6 is 0 Å². The first-order chi connectivity index (χ1) is 15.6. The molecule has 0 spiro atoms. The Morgan fingerprint density at radius 2 is 1.84 bits per heavy atom. The lowest BCUT2D eigenvalue weighted by atomic mass is 9.72. The van der Waals surface area contributed by atoms with Crippen molar-refractivity contribution in [3.63, 3.8) is 0 Å². The molecule has 7 nitrogen and oxygen atoms in total. The summed E-state index contributed by atoms with van der Waals surface area (Å²) in [5.41, 5.74) is 8.29. The van der Waals surface area contributed by atoms with Crippen LogP contribution in [0.15, 0.2) is 67.0 Å². The van der Waals surface area contributed by atoms with Gasteiger partial charge in [0.2, 0.25) is 0 Å². The SMILES string of the molecule is COc1cccc(C2(CNC(=O)c3nccnc3N)CCN(Cc3ccccc3)CC2)c1. The molecule has 1 fully saturated rings. The summed E-state index contributed by atoms with van der Waals surface area (Å²) in [6, 6.07) is 18.7. The molecule has 0 radical (unpaired) electrons. The highest BCUT2D eigenvalue weighted by atomic mass is 16.5. The number of aromatic nitrogens is 2. The van der Waals surface area contributed by atoms with Crippen molar-refractivity contribution in [2.75, 3.05) is 32.5 Å². The highest BCUT2D eigenvalue weighted by molar-refractivity contribution is 5.96. The van der Waals surface area contributed by atoms with Crippen LogP contribution in [0, 0.1) is 0 Å². The molecule has 3 aromatic rings. The van der Waals surface area contributed by atoms with E-state index >= 15 is 0 Å². The third-order valence-electron chi connectivity index (χ3n) is 6.27. The minimum absolute atomic E-state index is 0.137. The van der Waals surface area contributed by atoms with Crippen molar-refractivity contribution in [3.05, 3.63) is 83.8 Å². The van der Waals surface area contributed by atoms with Gasteiger partial charge in [-0.25, -0.2) is 9.97 Å². The second-order valence-electron chi connectivity index (χ2n) is 8.25. The molecule has 0 atom stereocenters. The molecule has 0 aliphatic carbocycles. The number of carbonyl (C=O) groups excluding carboxylic acids is 1. The summed E-state index contributed by atoms with van der Waals surface area (Å²) >= 11 is 0. The van der Waals surface area contributed by atoms with Crippen LogP contribution < -0.4 is 15.8 Å². The summed E-state index contributed by atoms with van der Waals surface area (Å²) in [5, 5.41) is 3.07. The van der Waals surface area contributed by atoms with Crippen molar-refractivity contribution in [2.45, 2.75) is 24.8 Å². The highest BCUT2D eigenvalue weighted by Crippen LogP contribution is 2.37. The van der Waals surface area contributed by atoms with Gasteiger partial charge in [0, 0.05) is 30.9 Å². The first kappa shape index (κ1) is 21.8. The number of nitrogens with one attached hydrogen (secondary N) is 1. The molecule has 3 N–H and O–H groups in total. The lowest BCUT2D eigenvalue weighted by molar-refractivity contribution is 0.0915. The number of anilines is 1. The lowest BCUT2D eigenvalue weighted by Gasteiger charge is -2.42. The largest absolute Gasteiger partial charge is 0.497 e. The van der Waals surface area contributed by atoms with E-state index in [0.29, 0.717) is 6.54 Å². The van der Waals surface area contributed by atoms with Crippen molar-refractivity contribution in [1.29, 1.82) is 0 Å². The molecule has 32 heavy (non-hydrogen) atoms. The number of benzene rings is 2. The molecule has 166 valence electrons. The number of ether oxygens (including phenoxy) is 1. The number of amides is 1. The summed E-state index contributed by atoms with van der Waals surface area (Å²) in [7, 11) is 1.67. The minimum atomic E-state index is -0.301. The van der Waals surface area contributed by atoms with Crippen molar-refractivity contribution in [3.8, 4) is 5.75 Å². The zero-order valence-electron chi connectivity index (χ0n) is 18.3. The number of likely N-dealkylation sites (tertiary alicyclic amines) is 1. The highest BCUT2D eigenvalue weighted by Gasteiger charge is 2.37. The van der Waals surface area contributed by atoms with Crippen LogP contribution in [-0.2, 0) is 12.0 Å². The van der Waals surface area contributed by atoms with Crippen molar-refractivity contribution >= 4 is 11.7 Å². The van der Waals surface area contributed by atoms with E-state index in [4.69, 9.17) is 10.5 Å². The van der Waals surface area contributed by atoms with Gasteiger partial charge in [-0.15, -0.1) is 0 Å². The Hall–Kier alpha value is -3.45. The molecule has 4 rings (SSSR count). The number of methoxy groups -OCH3 is 1. The number of hydrogen-bond acceptors (Lipinski definition) is 6. The maximum Gasteiger partial charge on any atom is 0.273 e. The van der Waals surface area contributed by atoms with E-state index in [1.807, 2.05) is 18.2 Å². The molecular formula is C25H29N5O2. The number of rotatable bonds is 7. The number of hydrogen-bond donors (Lipinski definition) is 2. The Bertz CT molecular complexity index is 1050. The average molecular weight is 432 g/mol. The van der Waals surface area contributed by atoms with Gasteiger partial charge in [0.05, 0.1) is 7.11 Å². The number of nitrogens with zero attached hydrogens (tertiary/aromatic N) is 3. The van der Waals surface area contributed by atoms with Gasteiger partial charge in [-0.3, -0.25) is 9.69 Å². The third kappa shape index (κ3) is 4.89. The van der Waals surface area contributed by atoms with Crippen LogP contribution in [0.4, 0.5) is 5.82 Å². The van der Waals surface area contributed by atoms with Gasteiger partial charge in [-0.05, 0) is 49.2 Å². The van der Waals surface area contributed by atoms with E-state index in [2.05, 4.69) is 56.6 Å². The fraction of sp³-hybridized carbons (Fsp3) is 0.320. The monoisotopic (exact) mass is 431 g/mol. The van der Waals surface area contributed by atoms with Gasteiger partial charge in [0.15, 0.2) is 11.5 Å². The van der Waals surface area contributed by atoms with E-state index in [1.165, 1.54) is 23.5 Å². The quantitative estimate of drug-likeness (QED) is 0.597. The maximum atomic E-state index is 12.8. The summed E-state index contributed by atoms with van der Waals surface area (Å²) in [6.07, 6.45) is 4.80. The molecule has 7 heteroatoms. The fourth-order valence-electron chi connectivity index (χ4n) is 4.36. The van der Waals surface area contributed by atoms with Gasteiger partial charge in [0.25, 0.3) is 5.91 Å². The van der Waals surface area contributed by atoms with Crippen LogP contribution in [0.3, 0.4) is 0 Å². The van der Waals surface area contributed by atoms with E-state index in [0.717, 1.165) is 38.2 Å². The zero-order valence-corrected chi connectivity index (χ0v) is 18.3. The Kier molecular flexibility index (Phi) is 6.66. The number of nitrogen functional groups attached to an aromatic ring is 1. The first-order valence-electron chi connectivity index (χ1n) is 10.9. The minimum Gasteiger partial charge on any atom is -0.497 e. The Morgan fingerprint density at radius 3 is 2.56 bits per heavy atom. The molecule has 1 aliphatic rings. The number of carbonyl (C=O) groups is 1. The first-order valence-corrected chi connectivity index (χ1v) is 10.9. The molecule has 0 saturated carbocycles. The Morgan fingerprint density at radius 1 is 1.09 bits per heavy atom. The second kappa shape index (κ2) is 9.78. The van der Waals surface area contributed by atoms with Gasteiger partial charge in [-0.2, -0.15) is 0 Å². The molecule has 2 aromatic carbocycles. The normalized spacial score (nSPS) is 15.8. The van der Waals surface area contributed by atoms with Crippen LogP contribution in [0.2, 0.25) is 0 Å². The molecule has 1 aromatic heterocycles. The Labute approximate surface area is 188 Å². The third-order valence-corrected chi connectivity index (χ3v) is 6.27. The molecule has 1 amide bonds. The van der Waals surface area contributed by atoms with E-state index in [9.17, 15) is 4.79 Å². The molecule has 2 heterocycles. The summed E-state index contributed by atoms with van der Waals surface area (Å²) in [4.78, 5) is 23.3. The summed E-state index contributed by atoms with van der Waals surface area (Å²) in [6.45, 7) is 3.30. The topological polar surface area (TPSA) is 93.4 Å². The van der Waals surface area contributed by atoms with Crippen molar-refractivity contribution in [2.24, 2.45) is 0 Å².